The van der Waals surface area contributed by atoms with E-state index in [-0.39, 0.29) is 4.90 Å². The topological polar surface area (TPSA) is 46.6 Å². The van der Waals surface area contributed by atoms with Crippen LogP contribution in [-0.4, -0.2) is 25.8 Å². The Bertz CT molecular complexity index is 708. The second-order valence-corrected chi connectivity index (χ2v) is 7.47. The molecule has 0 heterocycles. The van der Waals surface area contributed by atoms with Gasteiger partial charge in [-0.05, 0) is 48.5 Å². The quantitative estimate of drug-likeness (QED) is 0.747. The first-order valence-electron chi connectivity index (χ1n) is 7.01. The molecular weight excluding hydrogens is 366 g/mol. The average molecular weight is 384 g/mol. The number of hydrogen-bond acceptors (Lipinski definition) is 3. The van der Waals surface area contributed by atoms with Crippen LogP contribution in [0.5, 0.6) is 11.5 Å². The lowest BCUT2D eigenvalue weighted by molar-refractivity contribution is 0.445. The minimum atomic E-state index is -3.42. The number of sulfonamides is 1. The molecule has 0 aliphatic heterocycles. The van der Waals surface area contributed by atoms with Crippen molar-refractivity contribution < 1.29 is 13.2 Å². The third-order valence-corrected chi connectivity index (χ3v) is 5.81. The minimum absolute atomic E-state index is 0.277. The molecule has 0 N–H and O–H groups in total. The van der Waals surface area contributed by atoms with Crippen LogP contribution in [0.3, 0.4) is 0 Å². The van der Waals surface area contributed by atoms with Crippen LogP contribution in [0, 0.1) is 0 Å². The van der Waals surface area contributed by atoms with Gasteiger partial charge in [-0.3, -0.25) is 0 Å². The summed E-state index contributed by atoms with van der Waals surface area (Å²) in [5.41, 5.74) is 0. The van der Waals surface area contributed by atoms with E-state index in [9.17, 15) is 8.42 Å². The third kappa shape index (κ3) is 3.88. The van der Waals surface area contributed by atoms with E-state index < -0.39 is 10.0 Å². The Balaban J connectivity index is 2.18. The molecule has 0 amide bonds. The van der Waals surface area contributed by atoms with Crippen molar-refractivity contribution in [1.82, 2.24) is 4.31 Å². The Morgan fingerprint density at radius 1 is 0.909 bits per heavy atom. The lowest BCUT2D eigenvalue weighted by Crippen LogP contribution is -2.30. The summed E-state index contributed by atoms with van der Waals surface area (Å²) in [6, 6.07) is 13.9. The molecule has 0 bridgehead atoms. The van der Waals surface area contributed by atoms with Gasteiger partial charge in [-0.25, -0.2) is 8.42 Å². The van der Waals surface area contributed by atoms with Gasteiger partial charge in [0.25, 0.3) is 0 Å². The first kappa shape index (κ1) is 17.0. The lowest BCUT2D eigenvalue weighted by atomic mass is 10.3. The predicted octanol–water partition coefficient (Wildman–Crippen LogP) is 4.27. The van der Waals surface area contributed by atoms with Gasteiger partial charge < -0.3 is 4.74 Å². The zero-order valence-electron chi connectivity index (χ0n) is 12.5. The van der Waals surface area contributed by atoms with Crippen molar-refractivity contribution in [2.45, 2.75) is 18.7 Å². The van der Waals surface area contributed by atoms with E-state index in [4.69, 9.17) is 4.74 Å². The van der Waals surface area contributed by atoms with Crippen LogP contribution in [0.25, 0.3) is 0 Å². The Kier molecular flexibility index (Phi) is 5.61. The van der Waals surface area contributed by atoms with E-state index in [0.29, 0.717) is 24.6 Å². The first-order valence-corrected chi connectivity index (χ1v) is 9.24. The molecule has 0 spiro atoms. The number of rotatable bonds is 6. The van der Waals surface area contributed by atoms with Crippen molar-refractivity contribution in [1.29, 1.82) is 0 Å². The summed E-state index contributed by atoms with van der Waals surface area (Å²) in [5, 5.41) is 0. The highest BCUT2D eigenvalue weighted by Gasteiger charge is 2.21. The zero-order valence-corrected chi connectivity index (χ0v) is 14.9. The molecule has 22 heavy (non-hydrogen) atoms. The Morgan fingerprint density at radius 3 is 1.82 bits per heavy atom. The molecule has 2 aromatic carbocycles. The Hall–Kier alpha value is -1.37. The lowest BCUT2D eigenvalue weighted by Gasteiger charge is -2.18. The van der Waals surface area contributed by atoms with Crippen molar-refractivity contribution in [3.63, 3.8) is 0 Å². The molecule has 0 aromatic heterocycles. The average Bonchev–Trinajstić information content (AvgIpc) is 2.51. The van der Waals surface area contributed by atoms with E-state index in [1.54, 1.807) is 24.3 Å². The third-order valence-electron chi connectivity index (χ3n) is 3.22. The molecule has 0 unspecified atom stereocenters. The van der Waals surface area contributed by atoms with Crippen molar-refractivity contribution in [3.8, 4) is 11.5 Å². The molecule has 0 aliphatic carbocycles. The van der Waals surface area contributed by atoms with Gasteiger partial charge in [0, 0.05) is 17.6 Å². The minimum Gasteiger partial charge on any atom is -0.457 e. The molecule has 0 saturated heterocycles. The highest BCUT2D eigenvalue weighted by Crippen LogP contribution is 2.25. The highest BCUT2D eigenvalue weighted by atomic mass is 79.9. The van der Waals surface area contributed by atoms with Crippen LogP contribution >= 0.6 is 15.9 Å². The van der Waals surface area contributed by atoms with Crippen LogP contribution in [0.4, 0.5) is 0 Å². The number of hydrogen-bond donors (Lipinski definition) is 0. The van der Waals surface area contributed by atoms with Gasteiger partial charge >= 0.3 is 0 Å². The van der Waals surface area contributed by atoms with E-state index in [1.807, 2.05) is 38.1 Å². The summed E-state index contributed by atoms with van der Waals surface area (Å²) in [4.78, 5) is 0.277. The molecule has 2 rings (SSSR count). The van der Waals surface area contributed by atoms with Crippen LogP contribution in [0.2, 0.25) is 0 Å². The summed E-state index contributed by atoms with van der Waals surface area (Å²) in [5.74, 6) is 1.29. The first-order chi connectivity index (χ1) is 10.5. The molecule has 0 aliphatic rings. The SMILES string of the molecule is CCN(CC)S(=O)(=O)c1ccc(Oc2ccc(Br)cc2)cc1. The van der Waals surface area contributed by atoms with Gasteiger partial charge in [0.2, 0.25) is 10.0 Å². The second kappa shape index (κ2) is 7.26. The van der Waals surface area contributed by atoms with Gasteiger partial charge in [0.15, 0.2) is 0 Å². The van der Waals surface area contributed by atoms with Gasteiger partial charge in [-0.1, -0.05) is 29.8 Å². The second-order valence-electron chi connectivity index (χ2n) is 4.62. The molecule has 0 radical (unpaired) electrons. The monoisotopic (exact) mass is 383 g/mol. The molecule has 2 aromatic rings. The fourth-order valence-electron chi connectivity index (χ4n) is 2.03. The van der Waals surface area contributed by atoms with Crippen molar-refractivity contribution >= 4 is 26.0 Å². The van der Waals surface area contributed by atoms with Crippen molar-refractivity contribution in [3.05, 3.63) is 53.0 Å². The maximum Gasteiger partial charge on any atom is 0.243 e. The van der Waals surface area contributed by atoms with Gasteiger partial charge in [0.05, 0.1) is 4.90 Å². The maximum atomic E-state index is 12.4. The summed E-state index contributed by atoms with van der Waals surface area (Å²) < 4.78 is 32.8. The van der Waals surface area contributed by atoms with Crippen molar-refractivity contribution in [2.75, 3.05) is 13.1 Å². The molecule has 6 heteroatoms. The van der Waals surface area contributed by atoms with E-state index in [1.165, 1.54) is 4.31 Å². The zero-order chi connectivity index (χ0) is 16.2. The van der Waals surface area contributed by atoms with Crippen LogP contribution in [0.15, 0.2) is 57.9 Å². The smallest absolute Gasteiger partial charge is 0.243 e. The summed E-state index contributed by atoms with van der Waals surface area (Å²) in [6.07, 6.45) is 0. The maximum absolute atomic E-state index is 12.4. The molecular formula is C16H18BrNO3S. The van der Waals surface area contributed by atoms with E-state index in [0.717, 1.165) is 4.47 Å². The van der Waals surface area contributed by atoms with E-state index in [2.05, 4.69) is 15.9 Å². The molecule has 0 fully saturated rings. The molecule has 0 saturated carbocycles. The number of ether oxygens (including phenoxy) is 1. The van der Waals surface area contributed by atoms with E-state index >= 15 is 0 Å². The summed E-state index contributed by atoms with van der Waals surface area (Å²) in [6.45, 7) is 4.56. The fourth-order valence-corrected chi connectivity index (χ4v) is 3.75. The van der Waals surface area contributed by atoms with Gasteiger partial charge in [0.1, 0.15) is 11.5 Å². The summed E-state index contributed by atoms with van der Waals surface area (Å²) in [7, 11) is -3.42. The largest absolute Gasteiger partial charge is 0.457 e. The Morgan fingerprint density at radius 2 is 1.36 bits per heavy atom. The fraction of sp³-hybridized carbons (Fsp3) is 0.250. The standard InChI is InChI=1S/C16H18BrNO3S/c1-3-18(4-2)22(19,20)16-11-9-15(10-12-16)21-14-7-5-13(17)6-8-14/h5-12H,3-4H2,1-2H3. The molecule has 0 atom stereocenters. The molecule has 4 nitrogen and oxygen atoms in total. The van der Waals surface area contributed by atoms with Crippen LogP contribution in [-0.2, 0) is 10.0 Å². The van der Waals surface area contributed by atoms with Crippen molar-refractivity contribution in [2.24, 2.45) is 0 Å². The van der Waals surface area contributed by atoms with Gasteiger partial charge in [-0.15, -0.1) is 0 Å². The predicted molar refractivity (Wildman–Crippen MR) is 90.8 cm³/mol. The summed E-state index contributed by atoms with van der Waals surface area (Å²) >= 11 is 3.36. The van der Waals surface area contributed by atoms with Crippen LogP contribution < -0.4 is 4.74 Å². The highest BCUT2D eigenvalue weighted by molar-refractivity contribution is 9.10. The Labute approximate surface area is 139 Å². The normalized spacial score (nSPS) is 11.6. The van der Waals surface area contributed by atoms with Gasteiger partial charge in [-0.2, -0.15) is 4.31 Å². The number of nitrogens with zero attached hydrogens (tertiary/aromatic N) is 1. The molecule has 118 valence electrons. The number of benzene rings is 2. The number of halogens is 1. The van der Waals surface area contributed by atoms with Crippen LogP contribution in [0.1, 0.15) is 13.8 Å².